The molecule has 0 N–H and O–H groups in total. The van der Waals surface area contributed by atoms with E-state index in [1.54, 1.807) is 54.6 Å². The molecule has 0 bridgehead atoms. The summed E-state index contributed by atoms with van der Waals surface area (Å²) < 4.78 is 19.5. The van der Waals surface area contributed by atoms with E-state index in [1.807, 2.05) is 39.0 Å². The van der Waals surface area contributed by atoms with Crippen LogP contribution < -0.4 is 10.6 Å². The number of aryl methyl sites for hydroxylation is 1. The third-order valence-corrected chi connectivity index (χ3v) is 7.06. The van der Waals surface area contributed by atoms with Gasteiger partial charge in [0.15, 0.2) is 0 Å². The van der Waals surface area contributed by atoms with Gasteiger partial charge in [0, 0.05) is 0 Å². The minimum Gasteiger partial charge on any atom is -0.401 e. The van der Waals surface area contributed by atoms with E-state index < -0.39 is 13.3 Å². The molecule has 0 aliphatic carbocycles. The van der Waals surface area contributed by atoms with Crippen LogP contribution in [0, 0.1) is 20.8 Å². The molecule has 0 fully saturated rings. The molecule has 0 aliphatic rings. The highest BCUT2D eigenvalue weighted by molar-refractivity contribution is 7.74. The fourth-order valence-corrected chi connectivity index (χ4v) is 4.82. The molecule has 26 heavy (non-hydrogen) atoms. The average molecular weight is 364 g/mol. The zero-order valence-corrected chi connectivity index (χ0v) is 16.0. The van der Waals surface area contributed by atoms with Crippen molar-refractivity contribution in [2.45, 2.75) is 20.8 Å². The molecule has 0 amide bonds. The lowest BCUT2D eigenvalue weighted by Crippen LogP contribution is -2.21. The predicted octanol–water partition coefficient (Wildman–Crippen LogP) is 4.70. The summed E-state index contributed by atoms with van der Waals surface area (Å²) in [6, 6.07) is 21.4. The van der Waals surface area contributed by atoms with Gasteiger partial charge in [-0.25, -0.2) is 4.79 Å². The van der Waals surface area contributed by atoms with Crippen molar-refractivity contribution in [1.82, 2.24) is 0 Å². The van der Waals surface area contributed by atoms with Crippen LogP contribution in [0.1, 0.15) is 27.0 Å². The van der Waals surface area contributed by atoms with Gasteiger partial charge in [0.05, 0.1) is 16.2 Å². The summed E-state index contributed by atoms with van der Waals surface area (Å²) in [5, 5.41) is 1.00. The van der Waals surface area contributed by atoms with Gasteiger partial charge in [-0.3, -0.25) is 4.57 Å². The summed E-state index contributed by atoms with van der Waals surface area (Å²) in [6.45, 7) is 5.85. The zero-order chi connectivity index (χ0) is 18.7. The lowest BCUT2D eigenvalue weighted by molar-refractivity contribution is 0.0746. The van der Waals surface area contributed by atoms with E-state index in [1.165, 1.54) is 0 Å². The molecule has 0 spiro atoms. The Morgan fingerprint density at radius 2 is 1.23 bits per heavy atom. The molecule has 0 radical (unpaired) electrons. The Morgan fingerprint density at radius 1 is 0.731 bits per heavy atom. The van der Waals surface area contributed by atoms with Crippen molar-refractivity contribution in [1.29, 1.82) is 0 Å². The summed E-state index contributed by atoms with van der Waals surface area (Å²) in [5.74, 6) is -0.568. The second kappa shape index (κ2) is 7.31. The van der Waals surface area contributed by atoms with Crippen LogP contribution in [-0.4, -0.2) is 5.97 Å². The second-order valence-corrected chi connectivity index (χ2v) is 8.60. The summed E-state index contributed by atoms with van der Waals surface area (Å²) in [6.07, 6.45) is 0. The molecule has 0 aromatic heterocycles. The summed E-state index contributed by atoms with van der Waals surface area (Å²) in [5.41, 5.74) is 3.44. The Balaban J connectivity index is 2.07. The van der Waals surface area contributed by atoms with Crippen molar-refractivity contribution in [3.63, 3.8) is 0 Å². The van der Waals surface area contributed by atoms with Crippen molar-refractivity contribution in [2.75, 3.05) is 0 Å². The summed E-state index contributed by atoms with van der Waals surface area (Å²) in [4.78, 5) is 12.9. The highest BCUT2D eigenvalue weighted by Crippen LogP contribution is 2.45. The second-order valence-electron chi connectivity index (χ2n) is 6.28. The van der Waals surface area contributed by atoms with E-state index in [-0.39, 0.29) is 0 Å². The molecular formula is C22H21O3P. The molecule has 0 aliphatic heterocycles. The number of hydrogen-bond donors (Lipinski definition) is 0. The van der Waals surface area contributed by atoms with Crippen LogP contribution in [0.5, 0.6) is 0 Å². The van der Waals surface area contributed by atoms with Crippen LogP contribution in [0.25, 0.3) is 0 Å². The molecule has 132 valence electrons. The maximum absolute atomic E-state index is 13.8. The Bertz CT molecular complexity index is 936. The van der Waals surface area contributed by atoms with Gasteiger partial charge in [0.1, 0.15) is 0 Å². The Hall–Kier alpha value is -2.64. The molecule has 4 heteroatoms. The topological polar surface area (TPSA) is 43.4 Å². The maximum atomic E-state index is 13.8. The number of rotatable bonds is 4. The van der Waals surface area contributed by atoms with Crippen molar-refractivity contribution >= 4 is 23.9 Å². The van der Waals surface area contributed by atoms with Crippen LogP contribution in [0.4, 0.5) is 0 Å². The molecule has 0 atom stereocenters. The fourth-order valence-electron chi connectivity index (χ4n) is 2.85. The predicted molar refractivity (Wildman–Crippen MR) is 106 cm³/mol. The van der Waals surface area contributed by atoms with Gasteiger partial charge in [0.25, 0.3) is 0 Å². The minimum atomic E-state index is -3.54. The molecule has 0 unspecified atom stereocenters. The standard InChI is InChI=1S/C22H21O3P/c1-16-14-15-21(18(3)17(16)2)22(23)25-26(24,19-10-6-4-7-11-19)20-12-8-5-9-13-20/h4-15H,1-3H3. The third kappa shape index (κ3) is 3.36. The Labute approximate surface area is 154 Å². The highest BCUT2D eigenvalue weighted by atomic mass is 31.2. The van der Waals surface area contributed by atoms with Gasteiger partial charge in [-0.05, 0) is 67.8 Å². The fraction of sp³-hybridized carbons (Fsp3) is 0.136. The maximum Gasteiger partial charge on any atom is 0.343 e. The number of benzene rings is 3. The SMILES string of the molecule is Cc1ccc(C(=O)OP(=O)(c2ccccc2)c2ccccc2)c(C)c1C. The Morgan fingerprint density at radius 3 is 1.73 bits per heavy atom. The van der Waals surface area contributed by atoms with Gasteiger partial charge >= 0.3 is 13.3 Å². The molecule has 3 nitrogen and oxygen atoms in total. The van der Waals surface area contributed by atoms with Crippen LogP contribution in [-0.2, 0) is 9.09 Å². The van der Waals surface area contributed by atoms with E-state index in [0.717, 1.165) is 16.7 Å². The first-order valence-corrected chi connectivity index (χ1v) is 10.1. The molecule has 3 rings (SSSR count). The normalized spacial score (nSPS) is 11.2. The molecule has 3 aromatic rings. The lowest BCUT2D eigenvalue weighted by atomic mass is 9.99. The van der Waals surface area contributed by atoms with Crippen LogP contribution in [0.15, 0.2) is 72.8 Å². The summed E-state index contributed by atoms with van der Waals surface area (Å²) >= 11 is 0. The zero-order valence-electron chi connectivity index (χ0n) is 15.1. The van der Waals surface area contributed by atoms with E-state index in [0.29, 0.717) is 16.2 Å². The van der Waals surface area contributed by atoms with Gasteiger partial charge in [-0.1, -0.05) is 42.5 Å². The Kier molecular flexibility index (Phi) is 5.11. The van der Waals surface area contributed by atoms with Crippen molar-refractivity contribution in [2.24, 2.45) is 0 Å². The van der Waals surface area contributed by atoms with Crippen molar-refractivity contribution < 1.29 is 13.9 Å². The van der Waals surface area contributed by atoms with E-state index >= 15 is 0 Å². The average Bonchev–Trinajstić information content (AvgIpc) is 2.67. The van der Waals surface area contributed by atoms with E-state index in [2.05, 4.69) is 0 Å². The highest BCUT2D eigenvalue weighted by Gasteiger charge is 2.33. The van der Waals surface area contributed by atoms with Crippen LogP contribution in [0.3, 0.4) is 0 Å². The van der Waals surface area contributed by atoms with E-state index in [9.17, 15) is 9.36 Å². The molecule has 0 saturated carbocycles. The van der Waals surface area contributed by atoms with Crippen molar-refractivity contribution in [3.8, 4) is 0 Å². The molecular weight excluding hydrogens is 343 g/mol. The van der Waals surface area contributed by atoms with Gasteiger partial charge in [-0.15, -0.1) is 0 Å². The number of hydrogen-bond acceptors (Lipinski definition) is 3. The summed E-state index contributed by atoms with van der Waals surface area (Å²) in [7, 11) is -3.54. The quantitative estimate of drug-likeness (QED) is 0.631. The first-order valence-electron chi connectivity index (χ1n) is 8.45. The largest absolute Gasteiger partial charge is 0.401 e. The van der Waals surface area contributed by atoms with Crippen LogP contribution >= 0.6 is 7.37 Å². The van der Waals surface area contributed by atoms with Gasteiger partial charge in [0.2, 0.25) is 0 Å². The number of carbonyl (C=O) groups is 1. The van der Waals surface area contributed by atoms with Crippen molar-refractivity contribution in [3.05, 3.63) is 95.1 Å². The third-order valence-electron chi connectivity index (χ3n) is 4.68. The molecule has 3 aromatic carbocycles. The van der Waals surface area contributed by atoms with Gasteiger partial charge < -0.3 is 4.52 Å². The van der Waals surface area contributed by atoms with Crippen LogP contribution in [0.2, 0.25) is 0 Å². The first kappa shape index (κ1) is 18.2. The monoisotopic (exact) mass is 364 g/mol. The lowest BCUT2D eigenvalue weighted by Gasteiger charge is -2.20. The smallest absolute Gasteiger partial charge is 0.343 e. The number of carbonyl (C=O) groups excluding carboxylic acids is 1. The van der Waals surface area contributed by atoms with E-state index in [4.69, 9.17) is 4.52 Å². The first-order chi connectivity index (χ1) is 12.4. The molecule has 0 heterocycles. The minimum absolute atomic E-state index is 0.445. The molecule has 0 saturated heterocycles. The van der Waals surface area contributed by atoms with Gasteiger partial charge in [-0.2, -0.15) is 0 Å².